The molecule has 4 nitrogen and oxygen atoms in total. The van der Waals surface area contributed by atoms with Crippen LogP contribution < -0.4 is 10.2 Å². The van der Waals surface area contributed by atoms with E-state index in [-0.39, 0.29) is 11.9 Å². The van der Waals surface area contributed by atoms with Crippen LogP contribution in [-0.4, -0.2) is 49.6 Å². The van der Waals surface area contributed by atoms with Gasteiger partial charge in [0.2, 0.25) is 5.91 Å². The minimum atomic E-state index is -0.0663. The monoisotopic (exact) mass is 295 g/mol. The van der Waals surface area contributed by atoms with E-state index >= 15 is 0 Å². The van der Waals surface area contributed by atoms with Gasteiger partial charge in [-0.25, -0.2) is 0 Å². The molecule has 0 unspecified atom stereocenters. The summed E-state index contributed by atoms with van der Waals surface area (Å²) < 4.78 is 0. The third kappa shape index (κ3) is 3.44. The first-order valence-corrected chi connectivity index (χ1v) is 7.52. The molecule has 2 rings (SSSR count). The van der Waals surface area contributed by atoms with Crippen LogP contribution in [0.2, 0.25) is 5.02 Å². The van der Waals surface area contributed by atoms with Crippen molar-refractivity contribution >= 4 is 23.2 Å². The molecule has 110 valence electrons. The maximum atomic E-state index is 11.9. The van der Waals surface area contributed by atoms with E-state index in [1.54, 1.807) is 0 Å². The van der Waals surface area contributed by atoms with Crippen LogP contribution in [0.4, 0.5) is 5.69 Å². The molecule has 1 heterocycles. The zero-order valence-corrected chi connectivity index (χ0v) is 12.9. The highest BCUT2D eigenvalue weighted by Gasteiger charge is 2.25. The SMILES string of the molecule is CCNC(=O)[C@@H](C)N1CCN(c2ccccc2Cl)CC1. The second kappa shape index (κ2) is 6.95. The van der Waals surface area contributed by atoms with Gasteiger partial charge in [-0.05, 0) is 26.0 Å². The maximum absolute atomic E-state index is 11.9. The predicted octanol–water partition coefficient (Wildman–Crippen LogP) is 1.99. The van der Waals surface area contributed by atoms with Crippen LogP contribution in [0.5, 0.6) is 0 Å². The fraction of sp³-hybridized carbons (Fsp3) is 0.533. The van der Waals surface area contributed by atoms with Gasteiger partial charge in [0, 0.05) is 32.7 Å². The number of anilines is 1. The number of hydrogen-bond acceptors (Lipinski definition) is 3. The average Bonchev–Trinajstić information content (AvgIpc) is 2.47. The minimum absolute atomic E-state index is 0.0663. The number of likely N-dealkylation sites (N-methyl/N-ethyl adjacent to an activating group) is 1. The van der Waals surface area contributed by atoms with Crippen molar-refractivity contribution in [2.75, 3.05) is 37.6 Å². The smallest absolute Gasteiger partial charge is 0.237 e. The third-order valence-corrected chi connectivity index (χ3v) is 4.11. The van der Waals surface area contributed by atoms with Gasteiger partial charge >= 0.3 is 0 Å². The van der Waals surface area contributed by atoms with Gasteiger partial charge in [-0.15, -0.1) is 0 Å². The molecule has 0 aliphatic carbocycles. The zero-order valence-electron chi connectivity index (χ0n) is 12.1. The van der Waals surface area contributed by atoms with Gasteiger partial charge in [0.25, 0.3) is 0 Å². The van der Waals surface area contributed by atoms with Crippen molar-refractivity contribution in [2.24, 2.45) is 0 Å². The van der Waals surface area contributed by atoms with Crippen molar-refractivity contribution in [3.8, 4) is 0 Å². The van der Waals surface area contributed by atoms with Gasteiger partial charge in [-0.3, -0.25) is 9.69 Å². The Kier molecular flexibility index (Phi) is 5.26. The van der Waals surface area contributed by atoms with Gasteiger partial charge in [-0.1, -0.05) is 23.7 Å². The number of para-hydroxylation sites is 1. The lowest BCUT2D eigenvalue weighted by molar-refractivity contribution is -0.125. The summed E-state index contributed by atoms with van der Waals surface area (Å²) in [6.07, 6.45) is 0. The van der Waals surface area contributed by atoms with Crippen LogP contribution >= 0.6 is 11.6 Å². The van der Waals surface area contributed by atoms with Crippen LogP contribution in [0.15, 0.2) is 24.3 Å². The average molecular weight is 296 g/mol. The summed E-state index contributed by atoms with van der Waals surface area (Å²) in [5.74, 6) is 0.110. The van der Waals surface area contributed by atoms with Crippen molar-refractivity contribution in [1.82, 2.24) is 10.2 Å². The molecule has 0 spiro atoms. The van der Waals surface area contributed by atoms with E-state index in [1.807, 2.05) is 38.1 Å². The summed E-state index contributed by atoms with van der Waals surface area (Å²) in [5, 5.41) is 3.67. The molecule has 0 aromatic heterocycles. The molecule has 1 atom stereocenters. The van der Waals surface area contributed by atoms with E-state index in [9.17, 15) is 4.79 Å². The number of carbonyl (C=O) groups is 1. The van der Waals surface area contributed by atoms with Crippen LogP contribution in [0, 0.1) is 0 Å². The lowest BCUT2D eigenvalue weighted by Crippen LogP contribution is -2.54. The number of amides is 1. The number of hydrogen-bond donors (Lipinski definition) is 1. The van der Waals surface area contributed by atoms with Crippen molar-refractivity contribution in [2.45, 2.75) is 19.9 Å². The van der Waals surface area contributed by atoms with E-state index in [1.165, 1.54) is 0 Å². The van der Waals surface area contributed by atoms with E-state index in [2.05, 4.69) is 15.1 Å². The quantitative estimate of drug-likeness (QED) is 0.923. The standard InChI is InChI=1S/C15H22ClN3O/c1-3-17-15(20)12(2)18-8-10-19(11-9-18)14-7-5-4-6-13(14)16/h4-7,12H,3,8-11H2,1-2H3,(H,17,20)/t12-/m1/s1. The number of rotatable bonds is 4. The molecular formula is C15H22ClN3O. The van der Waals surface area contributed by atoms with Crippen LogP contribution in [0.3, 0.4) is 0 Å². The van der Waals surface area contributed by atoms with Crippen molar-refractivity contribution < 1.29 is 4.79 Å². The lowest BCUT2D eigenvalue weighted by atomic mass is 10.2. The number of carbonyl (C=O) groups excluding carboxylic acids is 1. The Labute approximate surface area is 125 Å². The second-order valence-electron chi connectivity index (χ2n) is 5.04. The first-order valence-electron chi connectivity index (χ1n) is 7.14. The summed E-state index contributed by atoms with van der Waals surface area (Å²) in [4.78, 5) is 16.4. The Balaban J connectivity index is 1.92. The summed E-state index contributed by atoms with van der Waals surface area (Å²) in [7, 11) is 0. The van der Waals surface area contributed by atoms with E-state index in [0.717, 1.165) is 36.9 Å². The van der Waals surface area contributed by atoms with E-state index < -0.39 is 0 Å². The Morgan fingerprint density at radius 3 is 2.55 bits per heavy atom. The lowest BCUT2D eigenvalue weighted by Gasteiger charge is -2.38. The molecule has 0 radical (unpaired) electrons. The molecule has 1 aromatic carbocycles. The Morgan fingerprint density at radius 1 is 1.30 bits per heavy atom. The van der Waals surface area contributed by atoms with E-state index in [0.29, 0.717) is 6.54 Å². The molecule has 1 amide bonds. The van der Waals surface area contributed by atoms with Crippen LogP contribution in [0.25, 0.3) is 0 Å². The van der Waals surface area contributed by atoms with Gasteiger partial charge in [-0.2, -0.15) is 0 Å². The molecule has 0 saturated carbocycles. The number of piperazine rings is 1. The minimum Gasteiger partial charge on any atom is -0.368 e. The number of nitrogens with one attached hydrogen (secondary N) is 1. The Morgan fingerprint density at radius 2 is 1.95 bits per heavy atom. The number of halogens is 1. The van der Waals surface area contributed by atoms with Gasteiger partial charge in [0.15, 0.2) is 0 Å². The first-order chi connectivity index (χ1) is 9.63. The first kappa shape index (κ1) is 15.1. The highest BCUT2D eigenvalue weighted by Crippen LogP contribution is 2.26. The normalized spacial score (nSPS) is 17.9. The molecule has 1 aromatic rings. The molecule has 1 aliphatic rings. The highest BCUT2D eigenvalue weighted by molar-refractivity contribution is 6.33. The fourth-order valence-corrected chi connectivity index (χ4v) is 2.80. The second-order valence-corrected chi connectivity index (χ2v) is 5.45. The van der Waals surface area contributed by atoms with E-state index in [4.69, 9.17) is 11.6 Å². The maximum Gasteiger partial charge on any atom is 0.237 e. The fourth-order valence-electron chi connectivity index (χ4n) is 2.55. The van der Waals surface area contributed by atoms with Gasteiger partial charge < -0.3 is 10.2 Å². The Bertz CT molecular complexity index is 458. The van der Waals surface area contributed by atoms with Gasteiger partial charge in [0.1, 0.15) is 0 Å². The van der Waals surface area contributed by atoms with Crippen LogP contribution in [0.1, 0.15) is 13.8 Å². The molecular weight excluding hydrogens is 274 g/mol. The summed E-state index contributed by atoms with van der Waals surface area (Å²) in [6, 6.07) is 7.85. The predicted molar refractivity (Wildman–Crippen MR) is 83.4 cm³/mol. The number of benzene rings is 1. The molecule has 5 heteroatoms. The molecule has 1 N–H and O–H groups in total. The van der Waals surface area contributed by atoms with Crippen molar-refractivity contribution in [1.29, 1.82) is 0 Å². The largest absolute Gasteiger partial charge is 0.368 e. The number of nitrogens with zero attached hydrogens (tertiary/aromatic N) is 2. The topological polar surface area (TPSA) is 35.6 Å². The van der Waals surface area contributed by atoms with Crippen molar-refractivity contribution in [3.05, 3.63) is 29.3 Å². The highest BCUT2D eigenvalue weighted by atomic mass is 35.5. The summed E-state index contributed by atoms with van der Waals surface area (Å²) >= 11 is 6.23. The Hall–Kier alpha value is -1.26. The molecule has 1 aliphatic heterocycles. The molecule has 1 fully saturated rings. The molecule has 0 bridgehead atoms. The van der Waals surface area contributed by atoms with Crippen LogP contribution in [-0.2, 0) is 4.79 Å². The molecule has 20 heavy (non-hydrogen) atoms. The zero-order chi connectivity index (χ0) is 14.5. The molecule has 1 saturated heterocycles. The third-order valence-electron chi connectivity index (χ3n) is 3.79. The summed E-state index contributed by atoms with van der Waals surface area (Å²) in [6.45, 7) is 8.15. The van der Waals surface area contributed by atoms with Gasteiger partial charge in [0.05, 0.1) is 16.8 Å². The summed E-state index contributed by atoms with van der Waals surface area (Å²) in [5.41, 5.74) is 1.08. The van der Waals surface area contributed by atoms with Crippen molar-refractivity contribution in [3.63, 3.8) is 0 Å².